The van der Waals surface area contributed by atoms with Crippen LogP contribution in [-0.4, -0.2) is 26.9 Å². The Hall–Kier alpha value is -2.33. The molecule has 0 aliphatic rings. The van der Waals surface area contributed by atoms with Crippen molar-refractivity contribution in [3.63, 3.8) is 0 Å². The molecule has 132 valence electrons. The first-order valence-electron chi connectivity index (χ1n) is 6.73. The van der Waals surface area contributed by atoms with Crippen molar-refractivity contribution in [1.29, 1.82) is 0 Å². The zero-order chi connectivity index (χ0) is 18.2. The summed E-state index contributed by atoms with van der Waals surface area (Å²) in [6, 6.07) is 4.18. The highest BCUT2D eigenvalue weighted by Crippen LogP contribution is 2.42. The van der Waals surface area contributed by atoms with Crippen LogP contribution in [0.15, 0.2) is 24.5 Å². The van der Waals surface area contributed by atoms with Crippen LogP contribution in [0.25, 0.3) is 10.4 Å². The quantitative estimate of drug-likeness (QED) is 0.660. The molecule has 0 atom stereocenters. The van der Waals surface area contributed by atoms with Crippen LogP contribution >= 0.6 is 22.9 Å². The minimum absolute atomic E-state index is 0.0297. The molecule has 0 saturated heterocycles. The summed E-state index contributed by atoms with van der Waals surface area (Å²) in [4.78, 5) is 8.66. The molecule has 3 rings (SSSR count). The number of hydrogen-bond acceptors (Lipinski definition) is 6. The van der Waals surface area contributed by atoms with Crippen molar-refractivity contribution in [3.05, 3.63) is 34.6 Å². The monoisotopic (exact) mass is 390 g/mol. The minimum Gasteiger partial charge on any atom is -0.480 e. The van der Waals surface area contributed by atoms with Gasteiger partial charge in [0, 0.05) is 18.0 Å². The van der Waals surface area contributed by atoms with Gasteiger partial charge in [0.2, 0.25) is 17.6 Å². The molecule has 0 aromatic carbocycles. The lowest BCUT2D eigenvalue weighted by molar-refractivity contribution is -0.141. The van der Waals surface area contributed by atoms with E-state index in [4.69, 9.17) is 21.1 Å². The molecular weight excluding hydrogens is 381 g/mol. The van der Waals surface area contributed by atoms with E-state index in [1.165, 1.54) is 31.8 Å². The Morgan fingerprint density at radius 1 is 1.20 bits per heavy atom. The third-order valence-electron chi connectivity index (χ3n) is 3.12. The highest BCUT2D eigenvalue weighted by atomic mass is 35.5. The molecule has 0 radical (unpaired) electrons. The highest BCUT2D eigenvalue weighted by Gasteiger charge is 2.35. The number of nitrogens with zero attached hydrogens (tertiary/aromatic N) is 4. The number of aromatic nitrogens is 4. The van der Waals surface area contributed by atoms with Gasteiger partial charge in [-0.3, -0.25) is 0 Å². The normalized spacial score (nSPS) is 11.6. The van der Waals surface area contributed by atoms with Crippen molar-refractivity contribution < 1.29 is 22.6 Å². The van der Waals surface area contributed by atoms with Gasteiger partial charge < -0.3 is 9.47 Å². The maximum absolute atomic E-state index is 12.8. The summed E-state index contributed by atoms with van der Waals surface area (Å²) in [6.45, 7) is 0. The number of aryl methyl sites for hydroxylation is 1. The number of ether oxygens (including phenoxy) is 2. The van der Waals surface area contributed by atoms with E-state index in [9.17, 15) is 13.2 Å². The third kappa shape index (κ3) is 3.54. The van der Waals surface area contributed by atoms with Crippen molar-refractivity contribution in [2.75, 3.05) is 7.11 Å². The van der Waals surface area contributed by atoms with Gasteiger partial charge in [0.1, 0.15) is 11.9 Å². The van der Waals surface area contributed by atoms with Crippen LogP contribution in [0.3, 0.4) is 0 Å². The summed E-state index contributed by atoms with van der Waals surface area (Å²) in [7, 11) is 2.75. The maximum Gasteiger partial charge on any atom is 0.435 e. The van der Waals surface area contributed by atoms with Crippen molar-refractivity contribution in [1.82, 2.24) is 19.7 Å². The van der Waals surface area contributed by atoms with Crippen LogP contribution in [-0.2, 0) is 13.2 Å². The summed E-state index contributed by atoms with van der Waals surface area (Å²) in [6.07, 6.45) is -3.39. The number of halogens is 4. The van der Waals surface area contributed by atoms with E-state index in [1.807, 2.05) is 0 Å². The van der Waals surface area contributed by atoms with Gasteiger partial charge in [-0.25, -0.2) is 14.6 Å². The first-order chi connectivity index (χ1) is 11.8. The van der Waals surface area contributed by atoms with Gasteiger partial charge in [-0.15, -0.1) is 11.3 Å². The zero-order valence-electron chi connectivity index (χ0n) is 12.8. The molecule has 0 spiro atoms. The first kappa shape index (κ1) is 17.5. The topological polar surface area (TPSA) is 62.1 Å². The molecule has 0 saturated carbocycles. The molecule has 0 unspecified atom stereocenters. The van der Waals surface area contributed by atoms with Crippen LogP contribution in [0.4, 0.5) is 13.2 Å². The average molecular weight is 391 g/mol. The van der Waals surface area contributed by atoms with Crippen molar-refractivity contribution in [3.8, 4) is 28.1 Å². The summed E-state index contributed by atoms with van der Waals surface area (Å²) in [5.41, 5.74) is -0.677. The number of thiophene rings is 1. The summed E-state index contributed by atoms with van der Waals surface area (Å²) in [5.74, 6) is 0.112. The van der Waals surface area contributed by atoms with Crippen molar-refractivity contribution >= 4 is 22.9 Å². The second-order valence-corrected chi connectivity index (χ2v) is 6.47. The van der Waals surface area contributed by atoms with Gasteiger partial charge >= 0.3 is 6.18 Å². The fraction of sp³-hybridized carbons (Fsp3) is 0.214. The molecule has 3 heterocycles. The SMILES string of the molecule is COc1ncnc(Oc2cc(C(F)(F)F)nn2C)c1-c1ccc(Cl)s1. The number of hydrogen-bond donors (Lipinski definition) is 0. The molecule has 0 bridgehead atoms. The maximum atomic E-state index is 12.8. The molecule has 11 heteroatoms. The highest BCUT2D eigenvalue weighted by molar-refractivity contribution is 7.19. The fourth-order valence-electron chi connectivity index (χ4n) is 2.03. The van der Waals surface area contributed by atoms with E-state index in [0.29, 0.717) is 14.8 Å². The standard InChI is InChI=1S/C14H10ClF3N4O2S/c1-22-10(5-8(21-22)14(16,17)18)24-13-11(7-3-4-9(15)25-7)12(23-2)19-6-20-13/h3-6H,1-2H3. The Labute approximate surface area is 148 Å². The van der Waals surface area contributed by atoms with Gasteiger partial charge in [0.25, 0.3) is 0 Å². The Morgan fingerprint density at radius 2 is 1.92 bits per heavy atom. The molecule has 3 aromatic heterocycles. The molecule has 3 aromatic rings. The molecule has 25 heavy (non-hydrogen) atoms. The molecule has 6 nitrogen and oxygen atoms in total. The third-order valence-corrected chi connectivity index (χ3v) is 4.37. The van der Waals surface area contributed by atoms with Crippen LogP contribution in [0.5, 0.6) is 17.6 Å². The van der Waals surface area contributed by atoms with Crippen LogP contribution in [0.2, 0.25) is 4.34 Å². The second-order valence-electron chi connectivity index (χ2n) is 4.76. The van der Waals surface area contributed by atoms with E-state index in [0.717, 1.165) is 10.7 Å². The van der Waals surface area contributed by atoms with Gasteiger partial charge in [0.15, 0.2) is 5.69 Å². The van der Waals surface area contributed by atoms with E-state index in [-0.39, 0.29) is 17.6 Å². The fourth-order valence-corrected chi connectivity index (χ4v) is 3.10. The molecule has 0 aliphatic heterocycles. The molecular formula is C14H10ClF3N4O2S. The van der Waals surface area contributed by atoms with Gasteiger partial charge in [-0.05, 0) is 12.1 Å². The zero-order valence-corrected chi connectivity index (χ0v) is 14.4. The average Bonchev–Trinajstić information content (AvgIpc) is 3.13. The Morgan fingerprint density at radius 3 is 2.48 bits per heavy atom. The molecule has 0 N–H and O–H groups in total. The number of alkyl halides is 3. The predicted molar refractivity (Wildman–Crippen MR) is 85.2 cm³/mol. The smallest absolute Gasteiger partial charge is 0.435 e. The van der Waals surface area contributed by atoms with Crippen LogP contribution in [0.1, 0.15) is 5.69 Å². The minimum atomic E-state index is -4.58. The van der Waals surface area contributed by atoms with E-state index < -0.39 is 11.9 Å². The molecule has 0 amide bonds. The Bertz CT molecular complexity index is 910. The first-order valence-corrected chi connectivity index (χ1v) is 7.93. The lowest BCUT2D eigenvalue weighted by atomic mass is 10.2. The lowest BCUT2D eigenvalue weighted by Gasteiger charge is -2.11. The summed E-state index contributed by atoms with van der Waals surface area (Å²) < 4.78 is 50.6. The summed E-state index contributed by atoms with van der Waals surface area (Å²) >= 11 is 7.19. The van der Waals surface area contributed by atoms with Crippen molar-refractivity contribution in [2.45, 2.75) is 6.18 Å². The molecule has 0 fully saturated rings. The Balaban J connectivity index is 2.05. The largest absolute Gasteiger partial charge is 0.480 e. The van der Waals surface area contributed by atoms with Gasteiger partial charge in [0.05, 0.1) is 11.4 Å². The van der Waals surface area contributed by atoms with E-state index >= 15 is 0 Å². The van der Waals surface area contributed by atoms with Crippen molar-refractivity contribution in [2.24, 2.45) is 7.05 Å². The summed E-state index contributed by atoms with van der Waals surface area (Å²) in [5, 5.41) is 3.40. The Kier molecular flexibility index (Phi) is 4.56. The number of rotatable bonds is 4. The van der Waals surface area contributed by atoms with Gasteiger partial charge in [-0.1, -0.05) is 11.6 Å². The van der Waals surface area contributed by atoms with Gasteiger partial charge in [-0.2, -0.15) is 18.3 Å². The second kappa shape index (κ2) is 6.52. The number of methoxy groups -OCH3 is 1. The van der Waals surface area contributed by atoms with E-state index in [2.05, 4.69) is 15.1 Å². The van der Waals surface area contributed by atoms with Crippen LogP contribution in [0, 0.1) is 0 Å². The van der Waals surface area contributed by atoms with Crippen LogP contribution < -0.4 is 9.47 Å². The van der Waals surface area contributed by atoms with E-state index in [1.54, 1.807) is 12.1 Å². The molecule has 0 aliphatic carbocycles. The lowest BCUT2D eigenvalue weighted by Crippen LogP contribution is -2.06. The predicted octanol–water partition coefficient (Wildman–Crippen LogP) is 4.41.